The van der Waals surface area contributed by atoms with Gasteiger partial charge >= 0.3 is 42.7 Å². The third-order valence-electron chi connectivity index (χ3n) is 20.2. The average Bonchev–Trinajstić information content (AvgIpc) is 1.20. The Labute approximate surface area is 928 Å². The Morgan fingerprint density at radius 3 is 1.37 bits per heavy atom. The van der Waals surface area contributed by atoms with E-state index < -0.39 is 34.5 Å². The van der Waals surface area contributed by atoms with Gasteiger partial charge in [-0.05, 0) is 219 Å². The summed E-state index contributed by atoms with van der Waals surface area (Å²) < 4.78 is 40.6. The van der Waals surface area contributed by atoms with Gasteiger partial charge in [0.15, 0.2) is 17.4 Å². The standard InChI is InChI=1S/C20H22Cl2N2O4S2.C16H14O5S2.C13H16BrNO2S.C12H17N.C10H11NO2S.C10H13NOS.C8H7NO5.C8H9NO3.C3H4BrClO.Al.Li.4H/c1-27-13-3-5-17(15(11-13)19(25)23-9-7-21)29-30-18-6-4-14(28-2)12-16(18)20(26)24-10-8-22;1-9-3-5-13(11(7-9)15(17)18)22-23-14-6-4-10(21-2)8-12(14)16(19)20;1-17-11-2-3-12-10(8-11)9-15(6-7-18-12)13(16)4-5-14;1-2-4-11(5-3-1)10-12-6-8-13-9-7-12;1-13-7-2-3-9-8(6-7)10(12)11-4-5-14-9;1-12-9-2-3-10-8(6-9)7-11-4-5-13-10;1-14-5-2-3-7(9(12)13)6(4-5)8(10)11;1-12-5-2-3-7(9)6(4-5)8(10)11;4-2-1-3(5)6;;;;;;/h3-6,11-12H,7-10H2,1-2H3,(H,23,25)(H,24,26);3-8H,1-2H3,(H,17,18)(H,19,20);2-3,8H,4-7,9H2,1H3;1-5,12-13H,6-10H2;2-3,6H,4-5H2,1H3,(H,11,12);2-3,6,11H,4-5,7H2,1H3;2-4H,1H3,(H,10,11);2-4H,9H2,1H3,(H,10,11);1-2H2;;;;;;/q;;;;;;;;;;+1;;;;-1. The van der Waals surface area contributed by atoms with Gasteiger partial charge in [0.2, 0.25) is 11.1 Å². The smallest absolute Gasteiger partial charge is 1.00 e. The van der Waals surface area contributed by atoms with E-state index in [1.165, 1.54) is 148 Å². The van der Waals surface area contributed by atoms with Crippen LogP contribution in [0.5, 0.6) is 46.0 Å². The molecule has 0 aromatic heterocycles. The van der Waals surface area contributed by atoms with Crippen molar-refractivity contribution in [2.75, 3.05) is 148 Å². The molecule has 0 atom stereocenters. The van der Waals surface area contributed by atoms with E-state index >= 15 is 0 Å². The summed E-state index contributed by atoms with van der Waals surface area (Å²) in [5.41, 5.74) is 11.7. The van der Waals surface area contributed by atoms with E-state index in [9.17, 15) is 63.5 Å². The SMILES string of the molecule is COc1ccc(N)c(C(=O)O)c1.COc1ccc(SSc2ccc(C)cc2C(=O)O)c(C(=O)O)c1.COc1ccc(SSc2ccc(OC)cc2C(=O)NCCCl)c(C(=O)NCCCl)c1.COc1ccc([N+](=O)[O-])c(C(=O)O)c1.COc1ccc2c(c1)C(=O)NCCS2.COc1ccc2c(c1)CN(C(=O)CCBr)CCS2.COc1ccc2c(c1)CNCCS2.O=C(Cl)CCBr.[AlH3].[H-].[Li+].c1ccc(CC2CCNCC2)cc1. The number of ether oxygens (including phenoxy) is 8. The number of anilines is 1. The van der Waals surface area contributed by atoms with Crippen LogP contribution in [0.15, 0.2) is 228 Å². The number of piperidine rings is 1. The van der Waals surface area contributed by atoms with Crippen LogP contribution >= 0.6 is 145 Å². The number of carboxylic acid groups (broad SMARTS) is 4. The largest absolute Gasteiger partial charge is 1.00 e. The van der Waals surface area contributed by atoms with Crippen LogP contribution in [0.1, 0.15) is 122 Å². The predicted octanol–water partition coefficient (Wildman–Crippen LogP) is 17.0. The maximum atomic E-state index is 12.5. The fraction of sp³-hybridized carbons (Fsp3) is 0.310. The number of hydrogen-bond acceptors (Lipinski definition) is 29. The molecule has 45 heteroatoms. The molecule has 4 amide bonds. The molecule has 14 rings (SSSR count). The average molecular weight is 2320 g/mol. The van der Waals surface area contributed by atoms with Gasteiger partial charge in [0, 0.05) is 150 Å². The molecule has 31 nitrogen and oxygen atoms in total. The molecule has 0 unspecified atom stereocenters. The molecule has 1 fully saturated rings. The second-order valence-corrected chi connectivity index (χ2v) is 40.4. The summed E-state index contributed by atoms with van der Waals surface area (Å²) >= 11 is 28.0. The van der Waals surface area contributed by atoms with Crippen molar-refractivity contribution in [1.82, 2.24) is 31.5 Å². The number of nitrogen functional groups attached to an aromatic ring is 1. The number of carbonyl (C=O) groups excluding carboxylic acids is 5. The maximum absolute atomic E-state index is 12.5. The maximum Gasteiger partial charge on any atom is 1.00 e. The third kappa shape index (κ3) is 45.3. The number of thioether (sulfide) groups is 3. The molecule has 4 aliphatic rings. The van der Waals surface area contributed by atoms with Crippen molar-refractivity contribution in [2.24, 2.45) is 5.92 Å². The second-order valence-electron chi connectivity index (χ2n) is 29.8. The molecular weight excluding hydrogens is 2210 g/mol. The molecule has 776 valence electrons. The minimum atomic E-state index is -1.35. The quantitative estimate of drug-likeness (QED) is 0.00367. The van der Waals surface area contributed by atoms with Gasteiger partial charge < -0.3 is 97.0 Å². The molecule has 4 heterocycles. The van der Waals surface area contributed by atoms with Gasteiger partial charge in [-0.2, -0.15) is 0 Å². The van der Waals surface area contributed by atoms with E-state index in [2.05, 4.69) is 107 Å². The molecule has 11 N–H and O–H groups in total. The molecule has 10 aromatic rings. The number of carbonyl (C=O) groups is 9. The number of methoxy groups -OCH3 is 8. The van der Waals surface area contributed by atoms with Crippen LogP contribution < -0.4 is 89.1 Å². The normalized spacial score (nSPS) is 12.3. The van der Waals surface area contributed by atoms with Crippen LogP contribution in [-0.4, -0.2) is 243 Å². The van der Waals surface area contributed by atoms with Crippen LogP contribution in [0.4, 0.5) is 11.4 Å². The zero-order valence-electron chi connectivity index (χ0n) is 81.7. The summed E-state index contributed by atoms with van der Waals surface area (Å²) in [7, 11) is 17.5. The summed E-state index contributed by atoms with van der Waals surface area (Å²) in [6.45, 7) is 9.21. The number of alkyl halides is 4. The van der Waals surface area contributed by atoms with E-state index in [4.69, 9.17) is 88.6 Å². The Bertz CT molecular complexity index is 5810. The summed E-state index contributed by atoms with van der Waals surface area (Å²) in [6, 6.07) is 57.3. The van der Waals surface area contributed by atoms with Crippen LogP contribution in [0.2, 0.25) is 0 Å². The Kier molecular flexibility index (Phi) is 62.8. The molecule has 0 bridgehead atoms. The minimum absolute atomic E-state index is 0. The molecule has 0 aliphatic carbocycles. The van der Waals surface area contributed by atoms with Crippen molar-refractivity contribution >= 4 is 227 Å². The fourth-order valence-electron chi connectivity index (χ4n) is 12.9. The van der Waals surface area contributed by atoms with Crippen molar-refractivity contribution in [3.8, 4) is 46.0 Å². The Morgan fingerprint density at radius 2 is 0.897 bits per heavy atom. The molecular formula is C100H117AlBr2Cl3LiN8O23S7. The number of nitrogens with zero attached hydrogens (tertiary/aromatic N) is 2. The van der Waals surface area contributed by atoms with Gasteiger partial charge in [0.25, 0.3) is 23.4 Å². The minimum Gasteiger partial charge on any atom is -1.00 e. The number of halogens is 5. The van der Waals surface area contributed by atoms with Gasteiger partial charge in [0.1, 0.15) is 51.6 Å². The second kappa shape index (κ2) is 71.2. The molecule has 0 radical (unpaired) electrons. The first-order chi connectivity index (χ1) is 68.8. The van der Waals surface area contributed by atoms with Gasteiger partial charge in [-0.25, -0.2) is 19.2 Å². The number of amides is 4. The number of nitro groups is 1. The fourth-order valence-corrected chi connectivity index (χ4v) is 21.6. The van der Waals surface area contributed by atoms with Crippen molar-refractivity contribution in [3.63, 3.8) is 0 Å². The molecule has 145 heavy (non-hydrogen) atoms. The number of rotatable bonds is 31. The van der Waals surface area contributed by atoms with Gasteiger partial charge in [-0.3, -0.25) is 34.1 Å². The molecule has 10 aromatic carbocycles. The number of carboxylic acids is 4. The van der Waals surface area contributed by atoms with Crippen LogP contribution in [-0.2, 0) is 29.1 Å². The predicted molar refractivity (Wildman–Crippen MR) is 590 cm³/mol. The van der Waals surface area contributed by atoms with Crippen molar-refractivity contribution in [1.29, 1.82) is 0 Å². The topological polar surface area (TPSA) is 441 Å². The number of aromatic carboxylic acids is 4. The van der Waals surface area contributed by atoms with E-state index in [-0.39, 0.29) is 100 Å². The van der Waals surface area contributed by atoms with Gasteiger partial charge in [0.05, 0.1) is 95.2 Å². The number of fused-ring (bicyclic) bond motifs is 3. The molecule has 1 saturated heterocycles. The number of hydrogen-bond donors (Lipinski definition) is 10. The number of benzene rings is 10. The van der Waals surface area contributed by atoms with Gasteiger partial charge in [-0.1, -0.05) is 117 Å². The van der Waals surface area contributed by atoms with Crippen molar-refractivity contribution in [2.45, 2.75) is 86.4 Å². The number of aryl methyl sites for hydroxylation is 1. The van der Waals surface area contributed by atoms with Crippen LogP contribution in [0, 0.1) is 23.0 Å². The van der Waals surface area contributed by atoms with E-state index in [0.717, 1.165) is 104 Å². The monoisotopic (exact) mass is 2320 g/mol. The zero-order valence-corrected chi connectivity index (χ0v) is 91.8. The Morgan fingerprint density at radius 1 is 0.497 bits per heavy atom. The van der Waals surface area contributed by atoms with Crippen LogP contribution in [0.25, 0.3) is 0 Å². The first kappa shape index (κ1) is 128. The number of nitro benzene ring substituents is 1. The summed E-state index contributed by atoms with van der Waals surface area (Å²) in [5, 5.41) is 62.6. The van der Waals surface area contributed by atoms with E-state index in [1.807, 2.05) is 72.1 Å². The van der Waals surface area contributed by atoms with E-state index in [0.29, 0.717) is 99.0 Å². The van der Waals surface area contributed by atoms with Crippen LogP contribution in [0.3, 0.4) is 0 Å². The summed E-state index contributed by atoms with van der Waals surface area (Å²) in [5.74, 6) is 4.70. The third-order valence-corrected chi connectivity index (χ3v) is 29.8. The summed E-state index contributed by atoms with van der Waals surface area (Å²) in [6.07, 6.45) is 4.93. The number of nitrogens with two attached hydrogens (primary N) is 1. The zero-order chi connectivity index (χ0) is 105. The molecule has 0 spiro atoms. The Hall–Kier alpha value is -9.44. The van der Waals surface area contributed by atoms with Crippen molar-refractivity contribution < 1.29 is 127 Å². The first-order valence-corrected chi connectivity index (χ1v) is 54.7. The molecule has 4 aliphatic heterocycles. The van der Waals surface area contributed by atoms with Gasteiger partial charge in [-0.15, -0.1) is 58.5 Å². The van der Waals surface area contributed by atoms with E-state index in [1.54, 1.807) is 120 Å². The van der Waals surface area contributed by atoms with Crippen molar-refractivity contribution in [3.05, 3.63) is 265 Å². The summed E-state index contributed by atoms with van der Waals surface area (Å²) in [4.78, 5) is 120. The molecule has 0 saturated carbocycles. The Balaban J connectivity index is 0.000000432. The first-order valence-electron chi connectivity index (χ1n) is 43.8. The number of nitrogens with one attached hydrogen (secondary N) is 5.